The van der Waals surface area contributed by atoms with Crippen LogP contribution in [0, 0.1) is 0 Å². The summed E-state index contributed by atoms with van der Waals surface area (Å²) in [4.78, 5) is 17.0. The minimum absolute atomic E-state index is 0.0160. The van der Waals surface area contributed by atoms with Crippen LogP contribution in [-0.4, -0.2) is 10.9 Å². The number of halogens is 1. The van der Waals surface area contributed by atoms with Gasteiger partial charge in [0.2, 0.25) is 5.91 Å². The van der Waals surface area contributed by atoms with Crippen LogP contribution in [0.4, 0.5) is 5.69 Å². The molecule has 1 N–H and O–H groups in total. The van der Waals surface area contributed by atoms with Crippen LogP contribution >= 0.6 is 22.9 Å². The minimum atomic E-state index is -0.0160. The zero-order valence-electron chi connectivity index (χ0n) is 15.6. The third-order valence-electron chi connectivity index (χ3n) is 4.52. The molecule has 144 valence electrons. The van der Waals surface area contributed by atoms with Crippen LogP contribution in [0.3, 0.4) is 0 Å². The SMILES string of the molecule is O=C(CCc1cccc(Cl)c1)Nc1ccc(-c2csc(-c3ccccc3)n2)cc1. The first kappa shape index (κ1) is 19.4. The Kier molecular flexibility index (Phi) is 6.03. The van der Waals surface area contributed by atoms with Gasteiger partial charge in [-0.05, 0) is 36.2 Å². The van der Waals surface area contributed by atoms with Gasteiger partial charge in [-0.25, -0.2) is 4.98 Å². The number of aromatic nitrogens is 1. The Bertz CT molecular complexity index is 1110. The van der Waals surface area contributed by atoms with Crippen molar-refractivity contribution in [3.63, 3.8) is 0 Å². The standard InChI is InChI=1S/C24H19ClN2OS/c25-20-8-4-5-17(15-20)9-14-23(28)26-21-12-10-18(11-13-21)22-16-29-24(27-22)19-6-2-1-3-7-19/h1-8,10-13,15-16H,9,14H2,(H,26,28). The van der Waals surface area contributed by atoms with E-state index in [2.05, 4.69) is 22.8 Å². The summed E-state index contributed by atoms with van der Waals surface area (Å²) in [5.41, 5.74) is 4.92. The predicted molar refractivity (Wildman–Crippen MR) is 121 cm³/mol. The quantitative estimate of drug-likeness (QED) is 0.378. The summed E-state index contributed by atoms with van der Waals surface area (Å²) in [5.74, 6) is -0.0160. The number of hydrogen-bond acceptors (Lipinski definition) is 3. The molecule has 0 aliphatic rings. The highest BCUT2D eigenvalue weighted by atomic mass is 35.5. The van der Waals surface area contributed by atoms with Gasteiger partial charge in [-0.15, -0.1) is 11.3 Å². The summed E-state index contributed by atoms with van der Waals surface area (Å²) in [5, 5.41) is 6.69. The van der Waals surface area contributed by atoms with Crippen LogP contribution < -0.4 is 5.32 Å². The van der Waals surface area contributed by atoms with E-state index in [-0.39, 0.29) is 5.91 Å². The Labute approximate surface area is 179 Å². The van der Waals surface area contributed by atoms with Gasteiger partial charge in [-0.2, -0.15) is 0 Å². The molecule has 0 fully saturated rings. The van der Waals surface area contributed by atoms with E-state index in [1.807, 2.05) is 66.7 Å². The Morgan fingerprint density at radius 1 is 0.931 bits per heavy atom. The van der Waals surface area contributed by atoms with Gasteiger partial charge in [-0.3, -0.25) is 4.79 Å². The second kappa shape index (κ2) is 9.03. The Morgan fingerprint density at radius 3 is 2.48 bits per heavy atom. The molecule has 0 saturated carbocycles. The van der Waals surface area contributed by atoms with E-state index in [0.29, 0.717) is 17.9 Å². The van der Waals surface area contributed by atoms with E-state index in [1.165, 1.54) is 0 Å². The summed E-state index contributed by atoms with van der Waals surface area (Å²) < 4.78 is 0. The van der Waals surface area contributed by atoms with E-state index in [9.17, 15) is 4.79 Å². The highest BCUT2D eigenvalue weighted by Gasteiger charge is 2.08. The van der Waals surface area contributed by atoms with E-state index in [0.717, 1.165) is 33.1 Å². The molecule has 0 aliphatic carbocycles. The largest absolute Gasteiger partial charge is 0.326 e. The fraction of sp³-hybridized carbons (Fsp3) is 0.0833. The number of carbonyl (C=O) groups is 1. The van der Waals surface area contributed by atoms with Gasteiger partial charge in [0.1, 0.15) is 5.01 Å². The summed E-state index contributed by atoms with van der Waals surface area (Å²) in [6.07, 6.45) is 1.07. The van der Waals surface area contributed by atoms with Crippen molar-refractivity contribution in [1.29, 1.82) is 0 Å². The lowest BCUT2D eigenvalue weighted by atomic mass is 10.1. The first-order valence-corrected chi connectivity index (χ1v) is 10.6. The molecule has 29 heavy (non-hydrogen) atoms. The van der Waals surface area contributed by atoms with Crippen molar-refractivity contribution >= 4 is 34.5 Å². The molecular weight excluding hydrogens is 400 g/mol. The van der Waals surface area contributed by atoms with E-state index < -0.39 is 0 Å². The number of anilines is 1. The predicted octanol–water partition coefficient (Wildman–Crippen LogP) is 6.70. The lowest BCUT2D eigenvalue weighted by Crippen LogP contribution is -2.12. The van der Waals surface area contributed by atoms with E-state index >= 15 is 0 Å². The molecule has 1 amide bonds. The molecule has 3 nitrogen and oxygen atoms in total. The fourth-order valence-corrected chi connectivity index (χ4v) is 4.07. The van der Waals surface area contributed by atoms with Gasteiger partial charge >= 0.3 is 0 Å². The summed E-state index contributed by atoms with van der Waals surface area (Å²) in [6.45, 7) is 0. The number of aryl methyl sites for hydroxylation is 1. The summed E-state index contributed by atoms with van der Waals surface area (Å²) in [7, 11) is 0. The lowest BCUT2D eigenvalue weighted by Gasteiger charge is -2.06. The van der Waals surface area contributed by atoms with Crippen molar-refractivity contribution in [2.24, 2.45) is 0 Å². The number of thiazole rings is 1. The fourth-order valence-electron chi connectivity index (χ4n) is 3.02. The highest BCUT2D eigenvalue weighted by molar-refractivity contribution is 7.13. The van der Waals surface area contributed by atoms with E-state index in [4.69, 9.17) is 16.6 Å². The van der Waals surface area contributed by atoms with Crippen LogP contribution in [0.1, 0.15) is 12.0 Å². The van der Waals surface area contributed by atoms with Gasteiger partial charge in [0.05, 0.1) is 5.69 Å². The monoisotopic (exact) mass is 418 g/mol. The summed E-state index contributed by atoms with van der Waals surface area (Å²) in [6, 6.07) is 25.5. The molecule has 0 bridgehead atoms. The molecule has 1 aromatic heterocycles. The van der Waals surface area contributed by atoms with Crippen molar-refractivity contribution in [2.45, 2.75) is 12.8 Å². The molecule has 5 heteroatoms. The molecule has 0 atom stereocenters. The Balaban J connectivity index is 1.37. The third kappa shape index (κ3) is 5.11. The normalized spacial score (nSPS) is 10.7. The van der Waals surface area contributed by atoms with Crippen LogP contribution in [0.15, 0.2) is 84.2 Å². The maximum Gasteiger partial charge on any atom is 0.224 e. The maximum absolute atomic E-state index is 12.2. The molecule has 4 rings (SSSR count). The Morgan fingerprint density at radius 2 is 1.72 bits per heavy atom. The first-order chi connectivity index (χ1) is 14.2. The number of rotatable bonds is 6. The smallest absolute Gasteiger partial charge is 0.224 e. The maximum atomic E-state index is 12.2. The van der Waals surface area contributed by atoms with Crippen molar-refractivity contribution < 1.29 is 4.79 Å². The average molecular weight is 419 g/mol. The zero-order valence-corrected chi connectivity index (χ0v) is 17.2. The second-order valence-electron chi connectivity index (χ2n) is 6.66. The van der Waals surface area contributed by atoms with Crippen molar-refractivity contribution in [2.75, 3.05) is 5.32 Å². The molecule has 0 saturated heterocycles. The zero-order chi connectivity index (χ0) is 20.1. The van der Waals surface area contributed by atoms with Crippen molar-refractivity contribution in [3.05, 3.63) is 94.8 Å². The van der Waals surface area contributed by atoms with Crippen LogP contribution in [-0.2, 0) is 11.2 Å². The lowest BCUT2D eigenvalue weighted by molar-refractivity contribution is -0.116. The number of amides is 1. The molecule has 3 aromatic carbocycles. The topological polar surface area (TPSA) is 42.0 Å². The number of benzene rings is 3. The molecule has 0 unspecified atom stereocenters. The van der Waals surface area contributed by atoms with Gasteiger partial charge < -0.3 is 5.32 Å². The molecule has 0 spiro atoms. The number of carbonyl (C=O) groups excluding carboxylic acids is 1. The van der Waals surface area contributed by atoms with Crippen LogP contribution in [0.25, 0.3) is 21.8 Å². The number of nitrogens with zero attached hydrogens (tertiary/aromatic N) is 1. The number of nitrogens with one attached hydrogen (secondary N) is 1. The second-order valence-corrected chi connectivity index (χ2v) is 7.95. The number of hydrogen-bond donors (Lipinski definition) is 1. The molecule has 0 radical (unpaired) electrons. The average Bonchev–Trinajstić information content (AvgIpc) is 3.24. The van der Waals surface area contributed by atoms with E-state index in [1.54, 1.807) is 11.3 Å². The van der Waals surface area contributed by atoms with Crippen LogP contribution in [0.2, 0.25) is 5.02 Å². The highest BCUT2D eigenvalue weighted by Crippen LogP contribution is 2.29. The first-order valence-electron chi connectivity index (χ1n) is 9.33. The van der Waals surface area contributed by atoms with Gasteiger partial charge in [-0.1, -0.05) is 66.2 Å². The molecular formula is C24H19ClN2OS. The summed E-state index contributed by atoms with van der Waals surface area (Å²) >= 11 is 7.61. The van der Waals surface area contributed by atoms with Crippen LogP contribution in [0.5, 0.6) is 0 Å². The molecule has 1 heterocycles. The third-order valence-corrected chi connectivity index (χ3v) is 5.65. The van der Waals surface area contributed by atoms with Crippen molar-refractivity contribution in [3.8, 4) is 21.8 Å². The van der Waals surface area contributed by atoms with Gasteiger partial charge in [0.25, 0.3) is 0 Å². The Hall–Kier alpha value is -2.95. The molecule has 0 aliphatic heterocycles. The van der Waals surface area contributed by atoms with Crippen molar-refractivity contribution in [1.82, 2.24) is 4.98 Å². The van der Waals surface area contributed by atoms with Gasteiger partial charge in [0, 0.05) is 33.6 Å². The van der Waals surface area contributed by atoms with Gasteiger partial charge in [0.15, 0.2) is 0 Å². The molecule has 4 aromatic rings. The minimum Gasteiger partial charge on any atom is -0.326 e.